The number of ether oxygens (including phenoxy) is 2. The van der Waals surface area contributed by atoms with Crippen molar-refractivity contribution in [3.8, 4) is 11.5 Å². The first-order valence-corrected chi connectivity index (χ1v) is 7.06. The highest BCUT2D eigenvalue weighted by molar-refractivity contribution is 6.11. The summed E-state index contributed by atoms with van der Waals surface area (Å²) in [6.45, 7) is 4.63. The van der Waals surface area contributed by atoms with Gasteiger partial charge in [-0.05, 0) is 54.8 Å². The Bertz CT molecular complexity index is 717. The second kappa shape index (κ2) is 5.24. The van der Waals surface area contributed by atoms with Crippen molar-refractivity contribution in [1.29, 1.82) is 0 Å². The van der Waals surface area contributed by atoms with E-state index in [2.05, 4.69) is 0 Å². The Balaban J connectivity index is 2.06. The molecule has 0 amide bonds. The van der Waals surface area contributed by atoms with Gasteiger partial charge in [0.2, 0.25) is 0 Å². The molecule has 0 fully saturated rings. The van der Waals surface area contributed by atoms with Crippen LogP contribution in [-0.4, -0.2) is 19.5 Å². The predicted octanol–water partition coefficient (Wildman–Crippen LogP) is 3.48. The van der Waals surface area contributed by atoms with Crippen molar-refractivity contribution in [3.63, 3.8) is 0 Å². The van der Waals surface area contributed by atoms with Crippen molar-refractivity contribution >= 4 is 5.78 Å². The fourth-order valence-electron chi connectivity index (χ4n) is 2.85. The van der Waals surface area contributed by atoms with Gasteiger partial charge in [-0.25, -0.2) is 0 Å². The van der Waals surface area contributed by atoms with Crippen LogP contribution in [0.4, 0.5) is 0 Å². The molecule has 0 radical (unpaired) electrons. The fourth-order valence-corrected chi connectivity index (χ4v) is 2.85. The van der Waals surface area contributed by atoms with Gasteiger partial charge in [-0.1, -0.05) is 6.07 Å². The van der Waals surface area contributed by atoms with Crippen molar-refractivity contribution < 1.29 is 14.3 Å². The fraction of sp³-hybridized carbons (Fsp3) is 0.278. The zero-order valence-electron chi connectivity index (χ0n) is 12.5. The Kier molecular flexibility index (Phi) is 3.42. The van der Waals surface area contributed by atoms with E-state index < -0.39 is 0 Å². The maximum Gasteiger partial charge on any atom is 0.197 e. The molecule has 3 rings (SSSR count). The van der Waals surface area contributed by atoms with Crippen molar-refractivity contribution in [3.05, 3.63) is 58.1 Å². The summed E-state index contributed by atoms with van der Waals surface area (Å²) in [6, 6.07) is 9.54. The Morgan fingerprint density at radius 1 is 1.19 bits per heavy atom. The number of carbonyl (C=O) groups is 1. The lowest BCUT2D eigenvalue weighted by atomic mass is 9.95. The number of aryl methyl sites for hydroxylation is 2. The number of benzene rings is 2. The van der Waals surface area contributed by atoms with Crippen LogP contribution in [0.1, 0.15) is 32.6 Å². The van der Waals surface area contributed by atoms with Gasteiger partial charge >= 0.3 is 0 Å². The molecule has 0 unspecified atom stereocenters. The largest absolute Gasteiger partial charge is 0.496 e. The van der Waals surface area contributed by atoms with Gasteiger partial charge in [0.1, 0.15) is 11.5 Å². The van der Waals surface area contributed by atoms with Crippen LogP contribution in [-0.2, 0) is 6.42 Å². The van der Waals surface area contributed by atoms with Crippen LogP contribution < -0.4 is 9.47 Å². The summed E-state index contributed by atoms with van der Waals surface area (Å²) in [7, 11) is 1.60. The van der Waals surface area contributed by atoms with Gasteiger partial charge in [0.25, 0.3) is 0 Å². The molecule has 0 bridgehead atoms. The first kappa shape index (κ1) is 13.7. The molecule has 1 heterocycles. The Labute approximate surface area is 124 Å². The molecule has 108 valence electrons. The smallest absolute Gasteiger partial charge is 0.197 e. The maximum atomic E-state index is 12.8. The van der Waals surface area contributed by atoms with Crippen molar-refractivity contribution in [2.75, 3.05) is 13.7 Å². The number of hydrogen-bond acceptors (Lipinski definition) is 3. The van der Waals surface area contributed by atoms with E-state index in [1.165, 1.54) is 0 Å². The highest BCUT2D eigenvalue weighted by atomic mass is 16.5. The number of carbonyl (C=O) groups excluding carboxylic acids is 1. The van der Waals surface area contributed by atoms with Gasteiger partial charge in [0.05, 0.1) is 19.3 Å². The second-order valence-electron chi connectivity index (χ2n) is 5.41. The van der Waals surface area contributed by atoms with E-state index in [1.54, 1.807) is 7.11 Å². The van der Waals surface area contributed by atoms with Crippen molar-refractivity contribution in [2.45, 2.75) is 20.3 Å². The third-order valence-corrected chi connectivity index (χ3v) is 3.84. The first-order chi connectivity index (χ1) is 10.1. The lowest BCUT2D eigenvalue weighted by Gasteiger charge is -2.12. The van der Waals surface area contributed by atoms with Crippen LogP contribution in [0.25, 0.3) is 0 Å². The summed E-state index contributed by atoms with van der Waals surface area (Å²) in [6.07, 6.45) is 0.862. The number of methoxy groups -OCH3 is 1. The highest BCUT2D eigenvalue weighted by Gasteiger charge is 2.20. The van der Waals surface area contributed by atoms with E-state index in [1.807, 2.05) is 44.2 Å². The molecule has 2 aromatic rings. The zero-order valence-corrected chi connectivity index (χ0v) is 12.5. The number of hydrogen-bond donors (Lipinski definition) is 0. The molecule has 0 saturated carbocycles. The van der Waals surface area contributed by atoms with E-state index in [0.29, 0.717) is 23.5 Å². The SMILES string of the molecule is COc1cc(C)cc(C)c1C(=O)c1ccc2c(c1)CCO2. The molecule has 0 aliphatic carbocycles. The average molecular weight is 282 g/mol. The summed E-state index contributed by atoms with van der Waals surface area (Å²) in [5, 5.41) is 0. The van der Waals surface area contributed by atoms with Gasteiger partial charge in [-0.15, -0.1) is 0 Å². The van der Waals surface area contributed by atoms with Crippen LogP contribution in [0.3, 0.4) is 0 Å². The molecule has 1 aliphatic rings. The molecule has 3 nitrogen and oxygen atoms in total. The van der Waals surface area contributed by atoms with Gasteiger partial charge < -0.3 is 9.47 Å². The molecule has 0 spiro atoms. The minimum atomic E-state index is -0.000880. The Hall–Kier alpha value is -2.29. The van der Waals surface area contributed by atoms with Gasteiger partial charge in [-0.2, -0.15) is 0 Å². The molecule has 0 saturated heterocycles. The highest BCUT2D eigenvalue weighted by Crippen LogP contribution is 2.30. The topological polar surface area (TPSA) is 35.5 Å². The quantitative estimate of drug-likeness (QED) is 0.809. The molecule has 0 atom stereocenters. The first-order valence-electron chi connectivity index (χ1n) is 7.06. The second-order valence-corrected chi connectivity index (χ2v) is 5.41. The Morgan fingerprint density at radius 2 is 2.00 bits per heavy atom. The third-order valence-electron chi connectivity index (χ3n) is 3.84. The molecule has 21 heavy (non-hydrogen) atoms. The molecular weight excluding hydrogens is 264 g/mol. The average Bonchev–Trinajstić information content (AvgIpc) is 2.93. The summed E-state index contributed by atoms with van der Waals surface area (Å²) in [4.78, 5) is 12.8. The van der Waals surface area contributed by atoms with Crippen LogP contribution in [0.15, 0.2) is 30.3 Å². The van der Waals surface area contributed by atoms with Crippen molar-refractivity contribution in [1.82, 2.24) is 0 Å². The number of rotatable bonds is 3. The molecule has 0 aromatic heterocycles. The minimum absolute atomic E-state index is 0.000880. The van der Waals surface area contributed by atoms with Gasteiger partial charge in [-0.3, -0.25) is 4.79 Å². The van der Waals surface area contributed by atoms with Crippen LogP contribution in [0, 0.1) is 13.8 Å². The monoisotopic (exact) mass is 282 g/mol. The lowest BCUT2D eigenvalue weighted by molar-refractivity contribution is 0.103. The van der Waals surface area contributed by atoms with E-state index >= 15 is 0 Å². The van der Waals surface area contributed by atoms with Gasteiger partial charge in [0.15, 0.2) is 5.78 Å². The molecular formula is C18H18O3. The van der Waals surface area contributed by atoms with Crippen molar-refractivity contribution in [2.24, 2.45) is 0 Å². The zero-order chi connectivity index (χ0) is 15.0. The summed E-state index contributed by atoms with van der Waals surface area (Å²) >= 11 is 0. The standard InChI is InChI=1S/C18H18O3/c1-11-8-12(2)17(16(9-11)20-3)18(19)14-4-5-15-13(10-14)6-7-21-15/h4-5,8-10H,6-7H2,1-3H3. The minimum Gasteiger partial charge on any atom is -0.496 e. The normalized spacial score (nSPS) is 12.7. The van der Waals surface area contributed by atoms with E-state index in [0.717, 1.165) is 28.9 Å². The lowest BCUT2D eigenvalue weighted by Crippen LogP contribution is -2.07. The summed E-state index contributed by atoms with van der Waals surface area (Å²) in [5.41, 5.74) is 4.45. The van der Waals surface area contributed by atoms with E-state index in [-0.39, 0.29) is 5.78 Å². The van der Waals surface area contributed by atoms with Crippen LogP contribution in [0.5, 0.6) is 11.5 Å². The number of ketones is 1. The molecule has 1 aliphatic heterocycles. The maximum absolute atomic E-state index is 12.8. The van der Waals surface area contributed by atoms with Gasteiger partial charge in [0, 0.05) is 12.0 Å². The molecule has 3 heteroatoms. The number of fused-ring (bicyclic) bond motifs is 1. The molecule has 0 N–H and O–H groups in total. The van der Waals surface area contributed by atoms with E-state index in [4.69, 9.17) is 9.47 Å². The predicted molar refractivity (Wildman–Crippen MR) is 81.5 cm³/mol. The molecule has 2 aromatic carbocycles. The van der Waals surface area contributed by atoms with E-state index in [9.17, 15) is 4.79 Å². The Morgan fingerprint density at radius 3 is 2.76 bits per heavy atom. The summed E-state index contributed by atoms with van der Waals surface area (Å²) in [5.74, 6) is 1.52. The summed E-state index contributed by atoms with van der Waals surface area (Å²) < 4.78 is 10.9. The van der Waals surface area contributed by atoms with Crippen LogP contribution in [0.2, 0.25) is 0 Å². The van der Waals surface area contributed by atoms with Crippen LogP contribution >= 0.6 is 0 Å². The third kappa shape index (κ3) is 2.40.